The lowest BCUT2D eigenvalue weighted by Gasteiger charge is -2.33. The first-order valence-corrected chi connectivity index (χ1v) is 9.20. The fraction of sp³-hybridized carbons (Fsp3) is 0.571. The third-order valence-corrected chi connectivity index (χ3v) is 5.13. The maximum atomic E-state index is 12.3. The first kappa shape index (κ1) is 27.0. The number of rotatable bonds is 14. The van der Waals surface area contributed by atoms with Crippen LogP contribution in [0.3, 0.4) is 0 Å². The van der Waals surface area contributed by atoms with Crippen molar-refractivity contribution in [3.05, 3.63) is 0 Å². The third-order valence-electron chi connectivity index (χ3n) is 4.15. The highest BCUT2D eigenvalue weighted by Crippen LogP contribution is 2.44. The van der Waals surface area contributed by atoms with Gasteiger partial charge in [0.05, 0.1) is 0 Å². The average molecular weight is 458 g/mol. The number of aliphatic carboxylic acids is 6. The van der Waals surface area contributed by atoms with E-state index in [0.717, 1.165) is 13.8 Å². The number of carboxylic acid groups (broad SMARTS) is 6. The van der Waals surface area contributed by atoms with Gasteiger partial charge in [-0.15, -0.1) is 0 Å². The lowest BCUT2D eigenvalue weighted by molar-refractivity contribution is -0.190. The van der Waals surface area contributed by atoms with Gasteiger partial charge in [0.1, 0.15) is 11.8 Å². The van der Waals surface area contributed by atoms with Crippen molar-refractivity contribution in [1.29, 1.82) is 0 Å². The van der Waals surface area contributed by atoms with Gasteiger partial charge in [-0.05, 0) is 12.8 Å². The minimum atomic E-state index is -4.76. The quantitative estimate of drug-likeness (QED) is 0.141. The van der Waals surface area contributed by atoms with Gasteiger partial charge in [-0.3, -0.25) is 23.2 Å². The van der Waals surface area contributed by atoms with Crippen LogP contribution in [0.4, 0.5) is 0 Å². The first-order valence-electron chi connectivity index (χ1n) is 7.97. The molecule has 170 valence electrons. The molecule has 6 N–H and O–H groups in total. The highest BCUT2D eigenvalue weighted by molar-refractivity contribution is 7.33. The molecule has 0 aliphatic rings. The van der Waals surface area contributed by atoms with Gasteiger partial charge in [-0.2, -0.15) is 0 Å². The average Bonchev–Trinajstić information content (AvgIpc) is 2.59. The number of carbonyl (C=O) groups is 6. The van der Waals surface area contributed by atoms with Crippen LogP contribution < -0.4 is 0 Å². The molecule has 0 aliphatic carbocycles. The van der Waals surface area contributed by atoms with Crippen molar-refractivity contribution in [2.75, 3.05) is 0 Å². The van der Waals surface area contributed by atoms with Crippen molar-refractivity contribution in [1.82, 2.24) is 0 Å². The van der Waals surface area contributed by atoms with Crippen molar-refractivity contribution in [2.24, 2.45) is 11.8 Å². The van der Waals surface area contributed by atoms with Gasteiger partial charge in [0.25, 0.3) is 11.2 Å². The molecule has 0 rings (SSSR count). The fourth-order valence-electron chi connectivity index (χ4n) is 2.65. The zero-order valence-electron chi connectivity index (χ0n) is 15.4. The topological polar surface area (TPSA) is 259 Å². The van der Waals surface area contributed by atoms with Crippen molar-refractivity contribution in [2.45, 2.75) is 37.9 Å². The van der Waals surface area contributed by atoms with Crippen LogP contribution in [-0.4, -0.2) is 77.7 Å². The van der Waals surface area contributed by atoms with Crippen molar-refractivity contribution >= 4 is 44.1 Å². The molecule has 0 fully saturated rings. The molecule has 16 heteroatoms. The second-order valence-corrected chi connectivity index (χ2v) is 6.65. The number of hydrogen-bond donors (Lipinski definition) is 6. The highest BCUT2D eigenvalue weighted by Gasteiger charge is 2.62. The van der Waals surface area contributed by atoms with Gasteiger partial charge in [-0.1, -0.05) is 13.8 Å². The summed E-state index contributed by atoms with van der Waals surface area (Å²) in [6.07, 6.45) is -1.36. The van der Waals surface area contributed by atoms with Crippen LogP contribution in [0.2, 0.25) is 0 Å². The molecular weight excluding hydrogens is 439 g/mol. The van der Waals surface area contributed by atoms with Crippen LogP contribution in [0, 0.1) is 11.8 Å². The van der Waals surface area contributed by atoms with E-state index in [4.69, 9.17) is 10.2 Å². The fourth-order valence-corrected chi connectivity index (χ4v) is 3.85. The van der Waals surface area contributed by atoms with Crippen molar-refractivity contribution in [3.63, 3.8) is 0 Å². The van der Waals surface area contributed by atoms with Crippen LogP contribution >= 0.6 is 8.25 Å². The summed E-state index contributed by atoms with van der Waals surface area (Å²) in [5, 5.41) is 55.4. The normalized spacial score (nSPS) is 14.9. The largest absolute Gasteiger partial charge is 0.481 e. The minimum absolute atomic E-state index is 0.682. The van der Waals surface area contributed by atoms with Gasteiger partial charge in [0.15, 0.2) is 0 Å². The lowest BCUT2D eigenvalue weighted by Crippen LogP contribution is -2.58. The second-order valence-electron chi connectivity index (χ2n) is 5.74. The van der Waals surface area contributed by atoms with Crippen molar-refractivity contribution in [3.8, 4) is 0 Å². The van der Waals surface area contributed by atoms with E-state index in [9.17, 15) is 53.8 Å². The standard InChI is InChI=1S/C14H19O15P/c1-3-5(7(15)16)13(9(19)20,10(21)22)28-30(27)29-14(11(23)24,12(25)26)6(4-2)8(17)18/h5-6,30H,3-4H2,1-2H3,(H,15,16)(H,17,18)(H,19,20)(H,21,22)(H,23,24)(H,25,26). The zero-order valence-corrected chi connectivity index (χ0v) is 16.4. The zero-order chi connectivity index (χ0) is 24.0. The van der Waals surface area contributed by atoms with Crippen LogP contribution in [0.1, 0.15) is 26.7 Å². The predicted octanol–water partition coefficient (Wildman–Crippen LogP) is -0.553. The molecule has 0 aliphatic heterocycles. The van der Waals surface area contributed by atoms with Gasteiger partial charge < -0.3 is 30.6 Å². The monoisotopic (exact) mass is 458 g/mol. The summed E-state index contributed by atoms with van der Waals surface area (Å²) >= 11 is 0. The van der Waals surface area contributed by atoms with E-state index >= 15 is 0 Å². The predicted molar refractivity (Wildman–Crippen MR) is 90.0 cm³/mol. The summed E-state index contributed by atoms with van der Waals surface area (Å²) in [5.74, 6) is -18.5. The second kappa shape index (κ2) is 10.1. The molecule has 0 bridgehead atoms. The van der Waals surface area contributed by atoms with Crippen LogP contribution in [-0.2, 0) is 42.4 Å². The van der Waals surface area contributed by atoms with Gasteiger partial charge in [0.2, 0.25) is 0 Å². The number of carboxylic acids is 6. The summed E-state index contributed by atoms with van der Waals surface area (Å²) in [6, 6.07) is 0. The lowest BCUT2D eigenvalue weighted by atomic mass is 9.85. The Kier molecular flexibility index (Phi) is 9.11. The Morgan fingerprint density at radius 3 is 1.03 bits per heavy atom. The Bertz CT molecular complexity index is 681. The SMILES string of the molecule is CCC(C(=O)O)C(O[PH](=O)OC(C(=O)O)(C(=O)O)C(CC)C(=O)O)(C(=O)O)C(=O)O. The third kappa shape index (κ3) is 4.75. The number of hydrogen-bond acceptors (Lipinski definition) is 9. The van der Waals surface area contributed by atoms with E-state index in [0.29, 0.717) is 0 Å². The molecule has 0 saturated carbocycles. The molecule has 15 nitrogen and oxygen atoms in total. The summed E-state index contributed by atoms with van der Waals surface area (Å²) in [7, 11) is -4.76. The Morgan fingerprint density at radius 2 is 0.900 bits per heavy atom. The van der Waals surface area contributed by atoms with E-state index in [1.54, 1.807) is 0 Å². The molecule has 0 heterocycles. The molecule has 0 aromatic carbocycles. The minimum Gasteiger partial charge on any atom is -0.481 e. The molecule has 0 aromatic rings. The Balaban J connectivity index is 6.52. The summed E-state index contributed by atoms with van der Waals surface area (Å²) < 4.78 is 20.9. The Labute approximate surface area is 167 Å². The van der Waals surface area contributed by atoms with E-state index in [2.05, 4.69) is 9.05 Å². The van der Waals surface area contributed by atoms with E-state index in [1.807, 2.05) is 0 Å². The highest BCUT2D eigenvalue weighted by atomic mass is 31.1. The summed E-state index contributed by atoms with van der Waals surface area (Å²) in [5.41, 5.74) is -7.52. The smallest absolute Gasteiger partial charge is 0.349 e. The van der Waals surface area contributed by atoms with Crippen molar-refractivity contribution < 1.29 is 73.0 Å². The maximum absolute atomic E-state index is 12.3. The van der Waals surface area contributed by atoms with Crippen LogP contribution in [0.15, 0.2) is 0 Å². The van der Waals surface area contributed by atoms with Crippen LogP contribution in [0.5, 0.6) is 0 Å². The van der Waals surface area contributed by atoms with Gasteiger partial charge >= 0.3 is 44.1 Å². The van der Waals surface area contributed by atoms with E-state index in [1.165, 1.54) is 0 Å². The Morgan fingerprint density at radius 1 is 0.667 bits per heavy atom. The molecule has 30 heavy (non-hydrogen) atoms. The van der Waals surface area contributed by atoms with E-state index < -0.39 is 80.0 Å². The Hall–Kier alpha value is -3.03. The molecular formula is C14H19O15P. The molecule has 0 radical (unpaired) electrons. The maximum Gasteiger partial charge on any atom is 0.349 e. The van der Waals surface area contributed by atoms with E-state index in [-0.39, 0.29) is 0 Å². The van der Waals surface area contributed by atoms with Gasteiger partial charge in [-0.25, -0.2) is 19.2 Å². The molecule has 2 atom stereocenters. The molecule has 0 aromatic heterocycles. The molecule has 2 unspecified atom stereocenters. The molecule has 0 spiro atoms. The molecule has 0 saturated heterocycles. The van der Waals surface area contributed by atoms with Crippen LogP contribution in [0.25, 0.3) is 0 Å². The molecule has 0 amide bonds. The van der Waals surface area contributed by atoms with Gasteiger partial charge in [0, 0.05) is 0 Å². The first-order chi connectivity index (χ1) is 13.7. The summed E-state index contributed by atoms with van der Waals surface area (Å²) in [6.45, 7) is 2.11. The summed E-state index contributed by atoms with van der Waals surface area (Å²) in [4.78, 5) is 68.9.